The van der Waals surface area contributed by atoms with Gasteiger partial charge < -0.3 is 4.90 Å². The average molecular weight is 382 g/mol. The lowest BCUT2D eigenvalue weighted by molar-refractivity contribution is 0.0790. The van der Waals surface area contributed by atoms with E-state index in [2.05, 4.69) is 31.0 Å². The zero-order valence-electron chi connectivity index (χ0n) is 17.0. The van der Waals surface area contributed by atoms with Gasteiger partial charge in [0.05, 0.1) is 17.0 Å². The normalized spacial score (nSPS) is 17.6. The van der Waals surface area contributed by atoms with Crippen LogP contribution in [0.3, 0.4) is 0 Å². The van der Waals surface area contributed by atoms with E-state index in [1.165, 1.54) is 4.52 Å². The standard InChI is InChI=1S/C20H26N6O2/c1-12-14(11-24(5)22-12)19(28)25-7-6-13(10-25)15-8-18(27)26-17(21-15)9-16(23-26)20(2,3)4/h8-9,11,13,23H,6-7,10H2,1-5H3. The molecule has 3 aromatic heterocycles. The number of nitrogens with one attached hydrogen (secondary N) is 1. The van der Waals surface area contributed by atoms with E-state index in [0.717, 1.165) is 23.5 Å². The molecule has 0 aromatic carbocycles. The molecule has 8 nitrogen and oxygen atoms in total. The molecule has 4 rings (SSSR count). The highest BCUT2D eigenvalue weighted by Gasteiger charge is 2.31. The van der Waals surface area contributed by atoms with E-state index < -0.39 is 0 Å². The molecule has 0 saturated carbocycles. The molecule has 0 aliphatic carbocycles. The van der Waals surface area contributed by atoms with E-state index in [1.54, 1.807) is 16.9 Å². The number of aromatic amines is 1. The number of fused-ring (bicyclic) bond motifs is 1. The van der Waals surface area contributed by atoms with E-state index in [-0.39, 0.29) is 22.8 Å². The quantitative estimate of drug-likeness (QED) is 0.734. The van der Waals surface area contributed by atoms with Crippen LogP contribution in [0.25, 0.3) is 5.65 Å². The number of aromatic nitrogens is 5. The minimum absolute atomic E-state index is 0.0115. The number of hydrogen-bond donors (Lipinski definition) is 1. The Labute approximate surface area is 163 Å². The predicted octanol–water partition coefficient (Wildman–Crippen LogP) is 1.99. The summed E-state index contributed by atoms with van der Waals surface area (Å²) in [6, 6.07) is 3.52. The van der Waals surface area contributed by atoms with Gasteiger partial charge in [0, 0.05) is 55.5 Å². The maximum Gasteiger partial charge on any atom is 0.272 e. The number of rotatable bonds is 2. The van der Waals surface area contributed by atoms with Gasteiger partial charge in [-0.05, 0) is 13.3 Å². The average Bonchev–Trinajstić information content (AvgIpc) is 3.31. The van der Waals surface area contributed by atoms with Crippen LogP contribution in [-0.2, 0) is 12.5 Å². The molecule has 1 aliphatic rings. The Morgan fingerprint density at radius 3 is 2.68 bits per heavy atom. The van der Waals surface area contributed by atoms with Gasteiger partial charge in [-0.1, -0.05) is 20.8 Å². The fraction of sp³-hybridized carbons (Fsp3) is 0.500. The second-order valence-corrected chi connectivity index (χ2v) is 8.67. The van der Waals surface area contributed by atoms with Gasteiger partial charge in [0.2, 0.25) is 0 Å². The van der Waals surface area contributed by atoms with Crippen molar-refractivity contribution in [2.24, 2.45) is 7.05 Å². The van der Waals surface area contributed by atoms with Crippen LogP contribution in [0.15, 0.2) is 23.1 Å². The van der Waals surface area contributed by atoms with Gasteiger partial charge in [-0.15, -0.1) is 0 Å². The molecule has 1 amide bonds. The van der Waals surface area contributed by atoms with Crippen LogP contribution in [0.5, 0.6) is 0 Å². The van der Waals surface area contributed by atoms with Crippen LogP contribution in [-0.4, -0.2) is 48.3 Å². The van der Waals surface area contributed by atoms with Crippen molar-refractivity contribution < 1.29 is 4.79 Å². The highest BCUT2D eigenvalue weighted by Crippen LogP contribution is 2.28. The molecular weight excluding hydrogens is 356 g/mol. The summed E-state index contributed by atoms with van der Waals surface area (Å²) < 4.78 is 3.15. The van der Waals surface area contributed by atoms with Crippen molar-refractivity contribution in [3.8, 4) is 0 Å². The van der Waals surface area contributed by atoms with Crippen molar-refractivity contribution in [3.63, 3.8) is 0 Å². The summed E-state index contributed by atoms with van der Waals surface area (Å²) in [4.78, 5) is 32.0. The van der Waals surface area contributed by atoms with Gasteiger partial charge in [-0.2, -0.15) is 5.10 Å². The summed E-state index contributed by atoms with van der Waals surface area (Å²) in [6.45, 7) is 9.32. The Bertz CT molecular complexity index is 1110. The van der Waals surface area contributed by atoms with Crippen LogP contribution in [0, 0.1) is 6.92 Å². The molecule has 1 aliphatic heterocycles. The zero-order chi connectivity index (χ0) is 20.2. The molecule has 0 spiro atoms. The molecule has 148 valence electrons. The Morgan fingerprint density at radius 1 is 1.29 bits per heavy atom. The number of aryl methyl sites for hydroxylation is 2. The lowest BCUT2D eigenvalue weighted by Gasteiger charge is -2.16. The van der Waals surface area contributed by atoms with Crippen LogP contribution >= 0.6 is 0 Å². The van der Waals surface area contributed by atoms with E-state index in [9.17, 15) is 9.59 Å². The molecule has 3 aromatic rings. The molecule has 8 heteroatoms. The van der Waals surface area contributed by atoms with E-state index in [0.29, 0.717) is 24.3 Å². The van der Waals surface area contributed by atoms with Crippen molar-refractivity contribution in [2.45, 2.75) is 45.4 Å². The van der Waals surface area contributed by atoms with Crippen LogP contribution < -0.4 is 5.56 Å². The fourth-order valence-electron chi connectivity index (χ4n) is 3.77. The van der Waals surface area contributed by atoms with Crippen molar-refractivity contribution in [1.82, 2.24) is 29.3 Å². The van der Waals surface area contributed by atoms with Gasteiger partial charge in [-0.25, -0.2) is 9.50 Å². The molecule has 0 bridgehead atoms. The van der Waals surface area contributed by atoms with Gasteiger partial charge in [-0.3, -0.25) is 19.4 Å². The minimum atomic E-state index is -0.122. The third kappa shape index (κ3) is 3.12. The lowest BCUT2D eigenvalue weighted by atomic mass is 9.93. The van der Waals surface area contributed by atoms with Crippen molar-refractivity contribution in [2.75, 3.05) is 13.1 Å². The summed E-state index contributed by atoms with van der Waals surface area (Å²) >= 11 is 0. The summed E-state index contributed by atoms with van der Waals surface area (Å²) in [5, 5.41) is 7.40. The Balaban J connectivity index is 1.60. The van der Waals surface area contributed by atoms with Crippen LogP contribution in [0.2, 0.25) is 0 Å². The molecular formula is C20H26N6O2. The molecule has 1 N–H and O–H groups in total. The first-order valence-electron chi connectivity index (χ1n) is 9.56. The second kappa shape index (κ2) is 6.32. The van der Waals surface area contributed by atoms with Gasteiger partial charge >= 0.3 is 0 Å². The summed E-state index contributed by atoms with van der Waals surface area (Å²) in [7, 11) is 1.81. The number of hydrogen-bond acceptors (Lipinski definition) is 4. The van der Waals surface area contributed by atoms with Gasteiger partial charge in [0.25, 0.3) is 11.5 Å². The van der Waals surface area contributed by atoms with Crippen molar-refractivity contribution in [3.05, 3.63) is 51.3 Å². The fourth-order valence-corrected chi connectivity index (χ4v) is 3.77. The first-order valence-corrected chi connectivity index (χ1v) is 9.56. The number of H-pyrrole nitrogens is 1. The number of amides is 1. The maximum atomic E-state index is 12.8. The van der Waals surface area contributed by atoms with Crippen molar-refractivity contribution >= 4 is 11.6 Å². The summed E-state index contributed by atoms with van der Waals surface area (Å²) in [5.41, 5.74) is 3.48. The molecule has 1 unspecified atom stereocenters. The number of carbonyl (C=O) groups is 1. The number of nitrogens with zero attached hydrogens (tertiary/aromatic N) is 5. The van der Waals surface area contributed by atoms with E-state index >= 15 is 0 Å². The smallest absolute Gasteiger partial charge is 0.272 e. The second-order valence-electron chi connectivity index (χ2n) is 8.67. The third-order valence-corrected chi connectivity index (χ3v) is 5.42. The Morgan fingerprint density at radius 2 is 2.04 bits per heavy atom. The SMILES string of the molecule is Cc1nn(C)cc1C(=O)N1CCC(c2cc(=O)n3[nH]c(C(C)(C)C)cc3n2)C1. The topological polar surface area (TPSA) is 88.3 Å². The molecule has 4 heterocycles. The van der Waals surface area contributed by atoms with Gasteiger partial charge in [0.1, 0.15) is 0 Å². The van der Waals surface area contributed by atoms with Gasteiger partial charge in [0.15, 0.2) is 5.65 Å². The number of likely N-dealkylation sites (tertiary alicyclic amines) is 1. The molecule has 1 fully saturated rings. The zero-order valence-corrected chi connectivity index (χ0v) is 17.0. The Hall–Kier alpha value is -2.90. The molecule has 28 heavy (non-hydrogen) atoms. The largest absolute Gasteiger partial charge is 0.338 e. The molecule has 1 saturated heterocycles. The monoisotopic (exact) mass is 382 g/mol. The van der Waals surface area contributed by atoms with E-state index in [4.69, 9.17) is 4.98 Å². The maximum absolute atomic E-state index is 12.8. The minimum Gasteiger partial charge on any atom is -0.338 e. The first kappa shape index (κ1) is 18.5. The lowest BCUT2D eigenvalue weighted by Crippen LogP contribution is -2.29. The van der Waals surface area contributed by atoms with Crippen LogP contribution in [0.4, 0.5) is 0 Å². The molecule has 0 radical (unpaired) electrons. The molecule has 1 atom stereocenters. The highest BCUT2D eigenvalue weighted by atomic mass is 16.2. The van der Waals surface area contributed by atoms with E-state index in [1.807, 2.05) is 24.9 Å². The summed E-state index contributed by atoms with van der Waals surface area (Å²) in [6.07, 6.45) is 2.56. The predicted molar refractivity (Wildman–Crippen MR) is 106 cm³/mol. The third-order valence-electron chi connectivity index (χ3n) is 5.42. The Kier molecular flexibility index (Phi) is 4.17. The first-order chi connectivity index (χ1) is 13.1. The van der Waals surface area contributed by atoms with Crippen LogP contribution in [0.1, 0.15) is 60.5 Å². The summed E-state index contributed by atoms with van der Waals surface area (Å²) in [5.74, 6) is 0.0502. The van der Waals surface area contributed by atoms with Crippen molar-refractivity contribution in [1.29, 1.82) is 0 Å². The number of carbonyl (C=O) groups excluding carboxylic acids is 1. The highest BCUT2D eigenvalue weighted by molar-refractivity contribution is 5.95.